The van der Waals surface area contributed by atoms with Crippen molar-refractivity contribution in [3.8, 4) is 17.2 Å². The van der Waals surface area contributed by atoms with Crippen molar-refractivity contribution >= 4 is 5.91 Å². The van der Waals surface area contributed by atoms with Gasteiger partial charge in [-0.3, -0.25) is 4.79 Å². The second-order valence-corrected chi connectivity index (χ2v) is 5.78. The largest absolute Gasteiger partial charge is 0.491 e. The third-order valence-corrected chi connectivity index (χ3v) is 3.92. The molecule has 0 radical (unpaired) electrons. The Balaban J connectivity index is 1.80. The van der Waals surface area contributed by atoms with E-state index < -0.39 is 11.7 Å². The molecule has 0 spiro atoms. The predicted molar refractivity (Wildman–Crippen MR) is 89.3 cm³/mol. The third-order valence-electron chi connectivity index (χ3n) is 3.92. The van der Waals surface area contributed by atoms with Crippen molar-refractivity contribution in [1.29, 1.82) is 0 Å². The molecule has 1 unspecified atom stereocenters. The SMILES string of the molecule is C=CC(=O)NC1COc2cccc(Oc3ccc(C(F)(F)F)cc3)c2C1. The monoisotopic (exact) mass is 363 g/mol. The van der Waals surface area contributed by atoms with Crippen LogP contribution in [0.2, 0.25) is 0 Å². The number of rotatable bonds is 4. The lowest BCUT2D eigenvalue weighted by molar-refractivity contribution is -0.137. The van der Waals surface area contributed by atoms with Gasteiger partial charge in [0.2, 0.25) is 5.91 Å². The van der Waals surface area contributed by atoms with Crippen LogP contribution in [-0.4, -0.2) is 18.6 Å². The van der Waals surface area contributed by atoms with Gasteiger partial charge in [0.25, 0.3) is 0 Å². The molecule has 3 rings (SSSR count). The van der Waals surface area contributed by atoms with E-state index >= 15 is 0 Å². The number of fused-ring (bicyclic) bond motifs is 1. The minimum Gasteiger partial charge on any atom is -0.491 e. The first-order chi connectivity index (χ1) is 12.4. The lowest BCUT2D eigenvalue weighted by atomic mass is 10.0. The summed E-state index contributed by atoms with van der Waals surface area (Å²) in [6.07, 6.45) is -2.74. The molecule has 0 saturated carbocycles. The molecule has 0 aromatic heterocycles. The van der Waals surface area contributed by atoms with Crippen molar-refractivity contribution in [3.63, 3.8) is 0 Å². The molecule has 1 heterocycles. The van der Waals surface area contributed by atoms with E-state index in [1.165, 1.54) is 18.2 Å². The van der Waals surface area contributed by atoms with Gasteiger partial charge in [0.05, 0.1) is 11.6 Å². The Morgan fingerprint density at radius 1 is 1.23 bits per heavy atom. The van der Waals surface area contributed by atoms with E-state index in [2.05, 4.69) is 11.9 Å². The quantitative estimate of drug-likeness (QED) is 0.832. The summed E-state index contributed by atoms with van der Waals surface area (Å²) in [5.41, 5.74) is 0.00323. The van der Waals surface area contributed by atoms with Crippen LogP contribution in [0.3, 0.4) is 0 Å². The highest BCUT2D eigenvalue weighted by molar-refractivity contribution is 5.87. The van der Waals surface area contributed by atoms with Crippen LogP contribution in [0.5, 0.6) is 17.2 Å². The fraction of sp³-hybridized carbons (Fsp3) is 0.211. The molecule has 1 aliphatic heterocycles. The molecule has 2 aromatic carbocycles. The van der Waals surface area contributed by atoms with Crippen LogP contribution < -0.4 is 14.8 Å². The summed E-state index contributed by atoms with van der Waals surface area (Å²) >= 11 is 0. The van der Waals surface area contributed by atoms with E-state index in [0.29, 0.717) is 24.5 Å². The smallest absolute Gasteiger partial charge is 0.416 e. The molecular formula is C19H16F3NO3. The highest BCUT2D eigenvalue weighted by atomic mass is 19.4. The minimum absolute atomic E-state index is 0.245. The molecule has 136 valence electrons. The molecule has 1 atom stereocenters. The van der Waals surface area contributed by atoms with Crippen molar-refractivity contribution in [1.82, 2.24) is 5.32 Å². The summed E-state index contributed by atoms with van der Waals surface area (Å²) in [5, 5.41) is 2.76. The van der Waals surface area contributed by atoms with Crippen LogP contribution in [0.4, 0.5) is 13.2 Å². The molecular weight excluding hydrogens is 347 g/mol. The number of halogens is 3. The average Bonchev–Trinajstić information content (AvgIpc) is 2.62. The summed E-state index contributed by atoms with van der Waals surface area (Å²) in [6.45, 7) is 3.73. The van der Waals surface area contributed by atoms with Gasteiger partial charge in [-0.25, -0.2) is 0 Å². The topological polar surface area (TPSA) is 47.6 Å². The van der Waals surface area contributed by atoms with Gasteiger partial charge in [0, 0.05) is 12.0 Å². The Labute approximate surface area is 148 Å². The van der Waals surface area contributed by atoms with Gasteiger partial charge in [-0.05, 0) is 42.5 Å². The maximum absolute atomic E-state index is 12.6. The van der Waals surface area contributed by atoms with Gasteiger partial charge in [-0.2, -0.15) is 13.2 Å². The van der Waals surface area contributed by atoms with Crippen LogP contribution in [0.1, 0.15) is 11.1 Å². The van der Waals surface area contributed by atoms with Crippen molar-refractivity contribution in [2.45, 2.75) is 18.6 Å². The first-order valence-electron chi connectivity index (χ1n) is 7.89. The zero-order valence-electron chi connectivity index (χ0n) is 13.7. The van der Waals surface area contributed by atoms with Gasteiger partial charge < -0.3 is 14.8 Å². The van der Waals surface area contributed by atoms with E-state index in [4.69, 9.17) is 9.47 Å². The van der Waals surface area contributed by atoms with Gasteiger partial charge in [0.15, 0.2) is 0 Å². The molecule has 1 N–H and O–H groups in total. The predicted octanol–water partition coefficient (Wildman–Crippen LogP) is 4.10. The fourth-order valence-electron chi connectivity index (χ4n) is 2.66. The van der Waals surface area contributed by atoms with E-state index in [-0.39, 0.29) is 17.7 Å². The van der Waals surface area contributed by atoms with E-state index in [0.717, 1.165) is 17.7 Å². The molecule has 0 fully saturated rings. The maximum atomic E-state index is 12.6. The minimum atomic E-state index is -4.39. The lowest BCUT2D eigenvalue weighted by Gasteiger charge is -2.27. The molecule has 7 heteroatoms. The Morgan fingerprint density at radius 2 is 1.96 bits per heavy atom. The van der Waals surface area contributed by atoms with Crippen molar-refractivity contribution in [3.05, 3.63) is 66.2 Å². The first-order valence-corrected chi connectivity index (χ1v) is 7.89. The van der Waals surface area contributed by atoms with Crippen LogP contribution in [0.15, 0.2) is 55.1 Å². The number of carbonyl (C=O) groups excluding carboxylic acids is 1. The van der Waals surface area contributed by atoms with E-state index in [1.807, 2.05) is 0 Å². The second kappa shape index (κ2) is 7.11. The number of benzene rings is 2. The number of nitrogens with one attached hydrogen (secondary N) is 1. The number of hydrogen-bond donors (Lipinski definition) is 1. The molecule has 26 heavy (non-hydrogen) atoms. The highest BCUT2D eigenvalue weighted by Gasteiger charge is 2.30. The van der Waals surface area contributed by atoms with Crippen molar-refractivity contribution in [2.24, 2.45) is 0 Å². The van der Waals surface area contributed by atoms with E-state index in [9.17, 15) is 18.0 Å². The highest BCUT2D eigenvalue weighted by Crippen LogP contribution is 2.36. The van der Waals surface area contributed by atoms with Gasteiger partial charge in [0.1, 0.15) is 23.9 Å². The molecule has 0 bridgehead atoms. The number of amides is 1. The average molecular weight is 363 g/mol. The van der Waals surface area contributed by atoms with Crippen molar-refractivity contribution < 1.29 is 27.4 Å². The molecule has 1 amide bonds. The normalized spacial score (nSPS) is 16.2. The van der Waals surface area contributed by atoms with Gasteiger partial charge in [-0.1, -0.05) is 12.6 Å². The van der Waals surface area contributed by atoms with Gasteiger partial charge >= 0.3 is 6.18 Å². The third kappa shape index (κ3) is 3.99. The summed E-state index contributed by atoms with van der Waals surface area (Å²) in [4.78, 5) is 11.5. The van der Waals surface area contributed by atoms with Crippen LogP contribution in [-0.2, 0) is 17.4 Å². The Morgan fingerprint density at radius 3 is 2.62 bits per heavy atom. The van der Waals surface area contributed by atoms with Crippen LogP contribution in [0, 0.1) is 0 Å². The second-order valence-electron chi connectivity index (χ2n) is 5.78. The van der Waals surface area contributed by atoms with E-state index in [1.54, 1.807) is 18.2 Å². The number of ether oxygens (including phenoxy) is 2. The Bertz CT molecular complexity index is 816. The lowest BCUT2D eigenvalue weighted by Crippen LogP contribution is -2.42. The number of hydrogen-bond acceptors (Lipinski definition) is 3. The molecule has 1 aliphatic rings. The number of alkyl halides is 3. The number of carbonyl (C=O) groups is 1. The summed E-state index contributed by atoms with van der Waals surface area (Å²) in [6, 6.07) is 9.44. The molecule has 0 saturated heterocycles. The fourth-order valence-corrected chi connectivity index (χ4v) is 2.66. The first kappa shape index (κ1) is 17.8. The standard InChI is InChI=1S/C19H16F3NO3/c1-2-18(24)23-13-10-15-16(25-11-13)4-3-5-17(15)26-14-8-6-12(7-9-14)19(20,21)22/h2-9,13H,1,10-11H2,(H,23,24). The zero-order chi connectivity index (χ0) is 18.7. The maximum Gasteiger partial charge on any atom is 0.416 e. The Kier molecular flexibility index (Phi) is 4.88. The summed E-state index contributed by atoms with van der Waals surface area (Å²) in [5.74, 6) is 1.07. The molecule has 4 nitrogen and oxygen atoms in total. The molecule has 0 aliphatic carbocycles. The molecule has 2 aromatic rings. The van der Waals surface area contributed by atoms with Crippen molar-refractivity contribution in [2.75, 3.05) is 6.61 Å². The summed E-state index contributed by atoms with van der Waals surface area (Å²) < 4.78 is 49.3. The van der Waals surface area contributed by atoms with Crippen LogP contribution >= 0.6 is 0 Å². The zero-order valence-corrected chi connectivity index (χ0v) is 13.7. The van der Waals surface area contributed by atoms with Crippen LogP contribution in [0.25, 0.3) is 0 Å². The summed E-state index contributed by atoms with van der Waals surface area (Å²) in [7, 11) is 0. The van der Waals surface area contributed by atoms with Gasteiger partial charge in [-0.15, -0.1) is 0 Å². The Hall–Kier alpha value is -2.96.